The number of halogens is 3. The molecule has 9 nitrogen and oxygen atoms in total. The quantitative estimate of drug-likeness (QED) is 0.272. The maximum Gasteiger partial charge on any atom is 0.416 e. The molecule has 2 aliphatic rings. The first kappa shape index (κ1) is 28.0. The molecule has 4 aromatic rings. The molecular formula is C30H34F3N9. The molecule has 2 aliphatic heterocycles. The van der Waals surface area contributed by atoms with Crippen LogP contribution in [-0.4, -0.2) is 71.2 Å². The van der Waals surface area contributed by atoms with Crippen molar-refractivity contribution in [3.63, 3.8) is 0 Å². The fourth-order valence-corrected chi connectivity index (χ4v) is 5.63. The van der Waals surface area contributed by atoms with Gasteiger partial charge in [-0.15, -0.1) is 0 Å². The second-order valence-electron chi connectivity index (χ2n) is 11.1. The van der Waals surface area contributed by atoms with Gasteiger partial charge in [0.2, 0.25) is 5.95 Å². The smallest absolute Gasteiger partial charge is 0.370 e. The van der Waals surface area contributed by atoms with Crippen LogP contribution in [0.4, 0.5) is 47.9 Å². The Morgan fingerprint density at radius 1 is 0.833 bits per heavy atom. The zero-order chi connectivity index (χ0) is 29.3. The van der Waals surface area contributed by atoms with Crippen LogP contribution in [0.5, 0.6) is 0 Å². The fourth-order valence-electron chi connectivity index (χ4n) is 5.63. The zero-order valence-corrected chi connectivity index (χ0v) is 23.7. The number of alkyl halides is 3. The summed E-state index contributed by atoms with van der Waals surface area (Å²) in [5, 5.41) is 7.07. The summed E-state index contributed by atoms with van der Waals surface area (Å²) in [5.41, 5.74) is 1.23. The van der Waals surface area contributed by atoms with Gasteiger partial charge in [-0.1, -0.05) is 6.07 Å². The minimum atomic E-state index is -4.44. The molecular weight excluding hydrogens is 543 g/mol. The Labute approximate surface area is 242 Å². The largest absolute Gasteiger partial charge is 0.416 e. The van der Waals surface area contributed by atoms with E-state index in [1.807, 2.05) is 18.3 Å². The van der Waals surface area contributed by atoms with Crippen LogP contribution in [0.15, 0.2) is 54.9 Å². The molecule has 2 saturated heterocycles. The SMILES string of the molecule is CN(C)C1CCN(c2ccc(Nc3cc4c(N5CCCC5)nc(Nc5cccc(C(F)(F)F)c5)nc4cn3)nc2)CC1. The van der Waals surface area contributed by atoms with Crippen LogP contribution in [0, 0.1) is 0 Å². The van der Waals surface area contributed by atoms with E-state index >= 15 is 0 Å². The Morgan fingerprint density at radius 2 is 1.60 bits per heavy atom. The van der Waals surface area contributed by atoms with Gasteiger partial charge in [0, 0.05) is 43.3 Å². The first-order chi connectivity index (χ1) is 20.2. The van der Waals surface area contributed by atoms with Crippen LogP contribution in [0.25, 0.3) is 10.9 Å². The highest BCUT2D eigenvalue weighted by molar-refractivity contribution is 5.92. The topological polar surface area (TPSA) is 85.3 Å². The predicted molar refractivity (Wildman–Crippen MR) is 160 cm³/mol. The molecule has 0 saturated carbocycles. The number of anilines is 6. The zero-order valence-electron chi connectivity index (χ0n) is 23.7. The van der Waals surface area contributed by atoms with Gasteiger partial charge in [0.1, 0.15) is 17.5 Å². The van der Waals surface area contributed by atoms with Crippen molar-refractivity contribution in [2.45, 2.75) is 37.9 Å². The van der Waals surface area contributed by atoms with Crippen molar-refractivity contribution in [2.75, 3.05) is 60.7 Å². The third kappa shape index (κ3) is 6.18. The van der Waals surface area contributed by atoms with Crippen LogP contribution in [-0.2, 0) is 6.18 Å². The molecule has 2 fully saturated rings. The van der Waals surface area contributed by atoms with Gasteiger partial charge in [-0.25, -0.2) is 15.0 Å². The summed E-state index contributed by atoms with van der Waals surface area (Å²) in [7, 11) is 4.28. The number of nitrogens with zero attached hydrogens (tertiary/aromatic N) is 7. The Bertz CT molecular complexity index is 1530. The first-order valence-electron chi connectivity index (χ1n) is 14.2. The van der Waals surface area contributed by atoms with Gasteiger partial charge in [-0.3, -0.25) is 0 Å². The highest BCUT2D eigenvalue weighted by Gasteiger charge is 2.30. The summed E-state index contributed by atoms with van der Waals surface area (Å²) in [6.45, 7) is 3.70. The molecule has 0 unspecified atom stereocenters. The van der Waals surface area contributed by atoms with Crippen LogP contribution in [0.1, 0.15) is 31.2 Å². The maximum atomic E-state index is 13.2. The Balaban J connectivity index is 1.23. The number of hydrogen-bond acceptors (Lipinski definition) is 9. The van der Waals surface area contributed by atoms with Gasteiger partial charge < -0.3 is 25.3 Å². The highest BCUT2D eigenvalue weighted by atomic mass is 19.4. The van der Waals surface area contributed by atoms with Crippen molar-refractivity contribution in [3.8, 4) is 0 Å². The van der Waals surface area contributed by atoms with E-state index in [4.69, 9.17) is 4.98 Å². The highest BCUT2D eigenvalue weighted by Crippen LogP contribution is 2.33. The van der Waals surface area contributed by atoms with Crippen molar-refractivity contribution < 1.29 is 13.2 Å². The van der Waals surface area contributed by atoms with Crippen LogP contribution < -0.4 is 20.4 Å². The van der Waals surface area contributed by atoms with Crippen LogP contribution in [0.2, 0.25) is 0 Å². The van der Waals surface area contributed by atoms with E-state index in [9.17, 15) is 13.2 Å². The molecule has 3 aromatic heterocycles. The van der Waals surface area contributed by atoms with Crippen LogP contribution in [0.3, 0.4) is 0 Å². The molecule has 0 bridgehead atoms. The van der Waals surface area contributed by atoms with E-state index in [1.165, 1.54) is 6.07 Å². The summed E-state index contributed by atoms with van der Waals surface area (Å²) in [6, 6.07) is 11.6. The lowest BCUT2D eigenvalue weighted by molar-refractivity contribution is -0.137. The van der Waals surface area contributed by atoms with Gasteiger partial charge in [0.25, 0.3) is 0 Å². The van der Waals surface area contributed by atoms with Crippen LogP contribution >= 0.6 is 0 Å². The summed E-state index contributed by atoms with van der Waals surface area (Å²) in [6.07, 6.45) is 3.46. The summed E-state index contributed by atoms with van der Waals surface area (Å²) in [5.74, 6) is 2.23. The van der Waals surface area contributed by atoms with E-state index in [0.29, 0.717) is 23.2 Å². The van der Waals surface area contributed by atoms with Crippen molar-refractivity contribution >= 4 is 45.7 Å². The first-order valence-corrected chi connectivity index (χ1v) is 14.2. The predicted octanol–water partition coefficient (Wildman–Crippen LogP) is 6.06. The Morgan fingerprint density at radius 3 is 2.29 bits per heavy atom. The number of nitrogens with one attached hydrogen (secondary N) is 2. The summed E-state index contributed by atoms with van der Waals surface area (Å²) < 4.78 is 39.7. The summed E-state index contributed by atoms with van der Waals surface area (Å²) in [4.78, 5) is 25.3. The lowest BCUT2D eigenvalue weighted by Crippen LogP contribution is -2.42. The third-order valence-corrected chi connectivity index (χ3v) is 7.98. The Kier molecular flexibility index (Phi) is 7.72. The molecule has 6 rings (SSSR count). The minimum absolute atomic E-state index is 0.220. The maximum absolute atomic E-state index is 13.2. The number of piperidine rings is 1. The molecule has 2 N–H and O–H groups in total. The van der Waals surface area contributed by atoms with Crippen molar-refractivity contribution in [3.05, 3.63) is 60.4 Å². The normalized spacial score (nSPS) is 16.4. The van der Waals surface area contributed by atoms with Gasteiger partial charge in [-0.05, 0) is 76.2 Å². The van der Waals surface area contributed by atoms with Crippen molar-refractivity contribution in [2.24, 2.45) is 0 Å². The number of hydrogen-bond donors (Lipinski definition) is 2. The second-order valence-corrected chi connectivity index (χ2v) is 11.1. The van der Waals surface area contributed by atoms with Crippen molar-refractivity contribution in [1.82, 2.24) is 24.8 Å². The lowest BCUT2D eigenvalue weighted by atomic mass is 10.0. The van der Waals surface area contributed by atoms with E-state index in [1.54, 1.807) is 12.3 Å². The monoisotopic (exact) mass is 577 g/mol. The molecule has 0 radical (unpaired) electrons. The fraction of sp³-hybridized carbons (Fsp3) is 0.400. The standard InChI is InChI=1S/C30H34F3N9/c1-40(2)22-10-14-41(15-11-22)23-8-9-26(34-18-23)38-27-17-24-25(19-35-27)37-29(39-28(24)42-12-3-4-13-42)36-21-7-5-6-20(16-21)30(31,32)33/h5-9,16-19,22H,3-4,10-15H2,1-2H3,(H,34,35,38)(H,36,37,39). The molecule has 1 aromatic carbocycles. The number of pyridine rings is 2. The molecule has 0 aliphatic carbocycles. The van der Waals surface area contributed by atoms with E-state index < -0.39 is 11.7 Å². The van der Waals surface area contributed by atoms with Gasteiger partial charge in [0.15, 0.2) is 0 Å². The molecule has 0 amide bonds. The second kappa shape index (κ2) is 11.6. The molecule has 5 heterocycles. The Hall–Kier alpha value is -4.19. The van der Waals surface area contributed by atoms with E-state index in [0.717, 1.165) is 80.9 Å². The molecule has 220 valence electrons. The molecule has 42 heavy (non-hydrogen) atoms. The summed E-state index contributed by atoms with van der Waals surface area (Å²) >= 11 is 0. The number of rotatable bonds is 7. The van der Waals surface area contributed by atoms with E-state index in [2.05, 4.69) is 60.4 Å². The third-order valence-electron chi connectivity index (χ3n) is 7.98. The van der Waals surface area contributed by atoms with E-state index in [-0.39, 0.29) is 11.6 Å². The molecule has 12 heteroatoms. The minimum Gasteiger partial charge on any atom is -0.370 e. The van der Waals surface area contributed by atoms with Gasteiger partial charge in [0.05, 0.1) is 29.2 Å². The molecule has 0 spiro atoms. The average molecular weight is 578 g/mol. The van der Waals surface area contributed by atoms with Gasteiger partial charge in [-0.2, -0.15) is 18.2 Å². The lowest BCUT2D eigenvalue weighted by Gasteiger charge is -2.36. The molecule has 0 atom stereocenters. The number of aromatic nitrogens is 4. The van der Waals surface area contributed by atoms with Crippen molar-refractivity contribution in [1.29, 1.82) is 0 Å². The average Bonchev–Trinajstić information content (AvgIpc) is 3.52. The number of fused-ring (bicyclic) bond motifs is 1. The number of benzene rings is 1. The van der Waals surface area contributed by atoms with Gasteiger partial charge >= 0.3 is 6.18 Å².